The fourth-order valence-corrected chi connectivity index (χ4v) is 4.39. The SMILES string of the molecule is Nc1nccc(-c2oc(CN3CCCCC3)cc2-c2ccc3c(c2)CCC3=O)n1. The predicted octanol–water partition coefficient (Wildman–Crippen LogP) is 4.10. The van der Waals surface area contributed by atoms with Crippen molar-refractivity contribution in [1.82, 2.24) is 14.9 Å². The molecule has 1 saturated heterocycles. The zero-order valence-electron chi connectivity index (χ0n) is 16.4. The highest BCUT2D eigenvalue weighted by Gasteiger charge is 2.23. The van der Waals surface area contributed by atoms with Crippen LogP contribution in [-0.4, -0.2) is 33.7 Å². The summed E-state index contributed by atoms with van der Waals surface area (Å²) < 4.78 is 6.30. The number of carbonyl (C=O) groups excluding carboxylic acids is 1. The van der Waals surface area contributed by atoms with Crippen LogP contribution in [0.25, 0.3) is 22.6 Å². The number of ketones is 1. The van der Waals surface area contributed by atoms with Gasteiger partial charge in [0.1, 0.15) is 11.5 Å². The van der Waals surface area contributed by atoms with Gasteiger partial charge in [-0.2, -0.15) is 0 Å². The number of aromatic nitrogens is 2. The van der Waals surface area contributed by atoms with Crippen molar-refractivity contribution < 1.29 is 9.21 Å². The number of nitrogen functional groups attached to an aromatic ring is 1. The summed E-state index contributed by atoms with van der Waals surface area (Å²) >= 11 is 0. The highest BCUT2D eigenvalue weighted by Crippen LogP contribution is 2.37. The summed E-state index contributed by atoms with van der Waals surface area (Å²) in [6.07, 6.45) is 6.83. The monoisotopic (exact) mass is 388 g/mol. The summed E-state index contributed by atoms with van der Waals surface area (Å²) in [5, 5.41) is 0. The molecular weight excluding hydrogens is 364 g/mol. The van der Waals surface area contributed by atoms with Gasteiger partial charge in [0.15, 0.2) is 11.5 Å². The predicted molar refractivity (Wildman–Crippen MR) is 111 cm³/mol. The van der Waals surface area contributed by atoms with E-state index in [1.54, 1.807) is 6.20 Å². The molecule has 1 aromatic carbocycles. The molecular formula is C23H24N4O2. The molecule has 0 bridgehead atoms. The van der Waals surface area contributed by atoms with Crippen molar-refractivity contribution in [1.29, 1.82) is 0 Å². The van der Waals surface area contributed by atoms with Crippen molar-refractivity contribution in [2.24, 2.45) is 0 Å². The largest absolute Gasteiger partial charge is 0.457 e. The van der Waals surface area contributed by atoms with Gasteiger partial charge in [0.25, 0.3) is 0 Å². The minimum Gasteiger partial charge on any atom is -0.457 e. The maximum absolute atomic E-state index is 12.0. The summed E-state index contributed by atoms with van der Waals surface area (Å²) in [5.74, 6) is 2.08. The van der Waals surface area contributed by atoms with Gasteiger partial charge in [-0.3, -0.25) is 9.69 Å². The molecule has 0 atom stereocenters. The lowest BCUT2D eigenvalue weighted by atomic mass is 9.99. The molecule has 29 heavy (non-hydrogen) atoms. The van der Waals surface area contributed by atoms with Crippen molar-refractivity contribution in [2.75, 3.05) is 18.8 Å². The van der Waals surface area contributed by atoms with Gasteiger partial charge in [-0.25, -0.2) is 9.97 Å². The van der Waals surface area contributed by atoms with Crippen molar-refractivity contribution in [3.05, 3.63) is 53.4 Å². The average molecular weight is 388 g/mol. The number of hydrogen-bond donors (Lipinski definition) is 1. The van der Waals surface area contributed by atoms with Crippen LogP contribution in [0.15, 0.2) is 40.9 Å². The number of fused-ring (bicyclic) bond motifs is 1. The lowest BCUT2D eigenvalue weighted by Crippen LogP contribution is -2.28. The van der Waals surface area contributed by atoms with E-state index in [-0.39, 0.29) is 11.7 Å². The van der Waals surface area contributed by atoms with Crippen LogP contribution in [0.2, 0.25) is 0 Å². The molecule has 2 aromatic heterocycles. The Morgan fingerprint density at radius 2 is 1.90 bits per heavy atom. The molecule has 1 aliphatic heterocycles. The van der Waals surface area contributed by atoms with E-state index in [1.807, 2.05) is 18.2 Å². The minimum absolute atomic E-state index is 0.224. The fourth-order valence-electron chi connectivity index (χ4n) is 4.39. The number of anilines is 1. The number of likely N-dealkylation sites (tertiary alicyclic amines) is 1. The van der Waals surface area contributed by atoms with Crippen LogP contribution in [0.1, 0.15) is 47.4 Å². The van der Waals surface area contributed by atoms with Crippen LogP contribution in [0.5, 0.6) is 0 Å². The second kappa shape index (κ2) is 7.44. The van der Waals surface area contributed by atoms with E-state index >= 15 is 0 Å². The maximum atomic E-state index is 12.0. The molecule has 0 unspecified atom stereocenters. The molecule has 0 spiro atoms. The average Bonchev–Trinajstić information content (AvgIpc) is 3.32. The fraction of sp³-hybridized carbons (Fsp3) is 0.348. The summed E-state index contributed by atoms with van der Waals surface area (Å²) in [4.78, 5) is 22.8. The van der Waals surface area contributed by atoms with Gasteiger partial charge >= 0.3 is 0 Å². The Morgan fingerprint density at radius 3 is 2.72 bits per heavy atom. The molecule has 1 aliphatic carbocycles. The molecule has 0 amide bonds. The van der Waals surface area contributed by atoms with Gasteiger partial charge in [0, 0.05) is 23.7 Å². The topological polar surface area (TPSA) is 85.2 Å². The molecule has 0 saturated carbocycles. The van der Waals surface area contributed by atoms with Gasteiger partial charge in [0.2, 0.25) is 5.95 Å². The molecule has 6 nitrogen and oxygen atoms in total. The summed E-state index contributed by atoms with van der Waals surface area (Å²) in [6, 6.07) is 9.99. The van der Waals surface area contributed by atoms with Crippen LogP contribution in [0, 0.1) is 0 Å². The van der Waals surface area contributed by atoms with Crippen LogP contribution >= 0.6 is 0 Å². The third-order valence-electron chi connectivity index (χ3n) is 5.86. The lowest BCUT2D eigenvalue weighted by molar-refractivity contribution is 0.0994. The molecule has 148 valence electrons. The van der Waals surface area contributed by atoms with Crippen molar-refractivity contribution in [3.63, 3.8) is 0 Å². The number of benzene rings is 1. The maximum Gasteiger partial charge on any atom is 0.220 e. The van der Waals surface area contributed by atoms with Gasteiger partial charge in [-0.1, -0.05) is 24.6 Å². The highest BCUT2D eigenvalue weighted by atomic mass is 16.3. The van der Waals surface area contributed by atoms with Gasteiger partial charge in [-0.15, -0.1) is 0 Å². The van der Waals surface area contributed by atoms with E-state index in [2.05, 4.69) is 27.0 Å². The highest BCUT2D eigenvalue weighted by molar-refractivity contribution is 6.01. The quantitative estimate of drug-likeness (QED) is 0.724. The van der Waals surface area contributed by atoms with Crippen molar-refractivity contribution in [3.8, 4) is 22.6 Å². The van der Waals surface area contributed by atoms with Gasteiger partial charge in [0.05, 0.1) is 6.54 Å². The first kappa shape index (κ1) is 18.1. The summed E-state index contributed by atoms with van der Waals surface area (Å²) in [7, 11) is 0. The third-order valence-corrected chi connectivity index (χ3v) is 5.86. The second-order valence-corrected chi connectivity index (χ2v) is 7.89. The Bertz CT molecular complexity index is 1070. The van der Waals surface area contributed by atoms with E-state index in [0.29, 0.717) is 17.9 Å². The first-order valence-corrected chi connectivity index (χ1v) is 10.3. The van der Waals surface area contributed by atoms with Crippen LogP contribution in [-0.2, 0) is 13.0 Å². The van der Waals surface area contributed by atoms with Crippen LogP contribution < -0.4 is 5.73 Å². The normalized spacial score (nSPS) is 16.9. The van der Waals surface area contributed by atoms with E-state index in [1.165, 1.54) is 19.3 Å². The standard InChI is InChI=1S/C23H24N4O2/c24-23-25-9-8-20(26-23)22-19(13-17(29-22)14-27-10-2-1-3-11-27)16-4-6-18-15(12-16)5-7-21(18)28/h4,6,8-9,12-13H,1-3,5,7,10-11,14H2,(H2,24,25,26). The number of furan rings is 1. The zero-order valence-corrected chi connectivity index (χ0v) is 16.4. The Hall–Kier alpha value is -2.99. The smallest absolute Gasteiger partial charge is 0.220 e. The third kappa shape index (κ3) is 3.56. The second-order valence-electron chi connectivity index (χ2n) is 7.89. The molecule has 2 N–H and O–H groups in total. The Balaban J connectivity index is 1.56. The first-order chi connectivity index (χ1) is 14.2. The first-order valence-electron chi connectivity index (χ1n) is 10.3. The number of hydrogen-bond acceptors (Lipinski definition) is 6. The molecule has 5 rings (SSSR count). The number of Topliss-reactive ketones (excluding diaryl/α,β-unsaturated/α-hetero) is 1. The molecule has 6 heteroatoms. The van der Waals surface area contributed by atoms with Crippen LogP contribution in [0.4, 0.5) is 5.95 Å². The minimum atomic E-state index is 0.224. The molecule has 1 fully saturated rings. The number of rotatable bonds is 4. The summed E-state index contributed by atoms with van der Waals surface area (Å²) in [6.45, 7) is 3.00. The van der Waals surface area contributed by atoms with Gasteiger partial charge in [-0.05, 0) is 55.6 Å². The van der Waals surface area contributed by atoms with E-state index in [9.17, 15) is 4.79 Å². The van der Waals surface area contributed by atoms with E-state index < -0.39 is 0 Å². The Morgan fingerprint density at radius 1 is 1.03 bits per heavy atom. The molecule has 3 heterocycles. The number of piperidine rings is 1. The van der Waals surface area contributed by atoms with Gasteiger partial charge < -0.3 is 10.2 Å². The number of carbonyl (C=O) groups is 1. The summed E-state index contributed by atoms with van der Waals surface area (Å²) in [5.41, 5.74) is 10.5. The number of nitrogens with two attached hydrogens (primary N) is 1. The van der Waals surface area contributed by atoms with E-state index in [4.69, 9.17) is 10.2 Å². The lowest BCUT2D eigenvalue weighted by Gasteiger charge is -2.25. The van der Waals surface area contributed by atoms with Crippen molar-refractivity contribution in [2.45, 2.75) is 38.6 Å². The molecule has 3 aromatic rings. The molecule has 0 radical (unpaired) electrons. The number of nitrogens with zero attached hydrogens (tertiary/aromatic N) is 3. The van der Waals surface area contributed by atoms with E-state index in [0.717, 1.165) is 54.1 Å². The number of aryl methyl sites for hydroxylation is 1. The van der Waals surface area contributed by atoms with Crippen molar-refractivity contribution >= 4 is 11.7 Å². The Kier molecular flexibility index (Phi) is 4.64. The zero-order chi connectivity index (χ0) is 19.8. The Labute approximate surface area is 169 Å². The molecule has 2 aliphatic rings. The van der Waals surface area contributed by atoms with Crippen LogP contribution in [0.3, 0.4) is 0 Å².